The lowest BCUT2D eigenvalue weighted by Gasteiger charge is -2.26. The van der Waals surface area contributed by atoms with E-state index in [0.29, 0.717) is 18.4 Å². The fourth-order valence-corrected chi connectivity index (χ4v) is 3.09. The average molecular weight is 263 g/mol. The summed E-state index contributed by atoms with van der Waals surface area (Å²) in [4.78, 5) is 0. The zero-order valence-corrected chi connectivity index (χ0v) is 12.3. The number of benzene rings is 1. The Morgan fingerprint density at radius 1 is 1.16 bits per heavy atom. The van der Waals surface area contributed by atoms with Gasteiger partial charge in [-0.05, 0) is 44.4 Å². The molecule has 1 fully saturated rings. The molecule has 3 nitrogen and oxygen atoms in total. The van der Waals surface area contributed by atoms with Crippen LogP contribution in [0.25, 0.3) is 0 Å². The van der Waals surface area contributed by atoms with Crippen molar-refractivity contribution in [3.05, 3.63) is 29.8 Å². The molecule has 1 aliphatic rings. The maximum absolute atomic E-state index is 6.45. The van der Waals surface area contributed by atoms with E-state index in [-0.39, 0.29) is 18.2 Å². The van der Waals surface area contributed by atoms with Gasteiger partial charge in [-0.25, -0.2) is 0 Å². The Bertz CT molecular complexity index is 404. The summed E-state index contributed by atoms with van der Waals surface area (Å²) in [7, 11) is 0. The molecule has 2 N–H and O–H groups in total. The van der Waals surface area contributed by atoms with Crippen LogP contribution in [0.2, 0.25) is 0 Å². The second kappa shape index (κ2) is 5.93. The zero-order chi connectivity index (χ0) is 14.0. The van der Waals surface area contributed by atoms with Crippen molar-refractivity contribution in [2.24, 2.45) is 17.6 Å². The van der Waals surface area contributed by atoms with E-state index in [1.165, 1.54) is 0 Å². The molecule has 1 aliphatic heterocycles. The summed E-state index contributed by atoms with van der Waals surface area (Å²) < 4.78 is 11.3. The lowest BCUT2D eigenvalue weighted by molar-refractivity contribution is 0.0489. The van der Waals surface area contributed by atoms with Crippen molar-refractivity contribution in [2.45, 2.75) is 45.9 Å². The Morgan fingerprint density at radius 2 is 1.79 bits per heavy atom. The van der Waals surface area contributed by atoms with Gasteiger partial charge in [0.1, 0.15) is 5.75 Å². The van der Waals surface area contributed by atoms with Gasteiger partial charge in [0.05, 0.1) is 18.8 Å². The third-order valence-corrected chi connectivity index (χ3v) is 4.31. The average Bonchev–Trinajstić information content (AvgIpc) is 2.64. The summed E-state index contributed by atoms with van der Waals surface area (Å²) in [5, 5.41) is 0. The molecule has 0 aliphatic carbocycles. The van der Waals surface area contributed by atoms with Gasteiger partial charge in [0.15, 0.2) is 0 Å². The van der Waals surface area contributed by atoms with Gasteiger partial charge < -0.3 is 15.2 Å². The zero-order valence-electron chi connectivity index (χ0n) is 12.3. The van der Waals surface area contributed by atoms with Crippen molar-refractivity contribution >= 4 is 0 Å². The Morgan fingerprint density at radius 3 is 2.26 bits per heavy atom. The standard InChI is InChI=1S/C16H25NO2/c1-5-18-14-8-6-13(7-9-14)16(17)15-10(2)11(3)19-12(15)4/h6-12,15-16H,5,17H2,1-4H3. The monoisotopic (exact) mass is 263 g/mol. The first-order valence-electron chi connectivity index (χ1n) is 7.18. The molecule has 0 amide bonds. The first kappa shape index (κ1) is 14.4. The largest absolute Gasteiger partial charge is 0.494 e. The first-order valence-corrected chi connectivity index (χ1v) is 7.18. The van der Waals surface area contributed by atoms with E-state index >= 15 is 0 Å². The molecule has 1 aromatic carbocycles. The second-order valence-corrected chi connectivity index (χ2v) is 5.51. The molecule has 0 radical (unpaired) electrons. The van der Waals surface area contributed by atoms with Crippen molar-refractivity contribution in [1.29, 1.82) is 0 Å². The molecule has 19 heavy (non-hydrogen) atoms. The van der Waals surface area contributed by atoms with Crippen molar-refractivity contribution in [2.75, 3.05) is 6.61 Å². The summed E-state index contributed by atoms with van der Waals surface area (Å²) in [5.41, 5.74) is 7.60. The Labute approximate surface area is 116 Å². The third-order valence-electron chi connectivity index (χ3n) is 4.31. The van der Waals surface area contributed by atoms with Crippen LogP contribution in [0.5, 0.6) is 5.75 Å². The van der Waals surface area contributed by atoms with Gasteiger partial charge in [-0.2, -0.15) is 0 Å². The minimum atomic E-state index is 0.0191. The van der Waals surface area contributed by atoms with E-state index < -0.39 is 0 Å². The van der Waals surface area contributed by atoms with Crippen LogP contribution in [0.4, 0.5) is 0 Å². The predicted molar refractivity (Wildman–Crippen MR) is 77.2 cm³/mol. The molecule has 5 atom stereocenters. The van der Waals surface area contributed by atoms with Gasteiger partial charge in [0, 0.05) is 12.0 Å². The van der Waals surface area contributed by atoms with Crippen LogP contribution in [-0.4, -0.2) is 18.8 Å². The molecule has 1 heterocycles. The van der Waals surface area contributed by atoms with Gasteiger partial charge >= 0.3 is 0 Å². The van der Waals surface area contributed by atoms with Crippen LogP contribution in [0.15, 0.2) is 24.3 Å². The van der Waals surface area contributed by atoms with E-state index in [2.05, 4.69) is 32.9 Å². The van der Waals surface area contributed by atoms with Crippen LogP contribution < -0.4 is 10.5 Å². The molecular weight excluding hydrogens is 238 g/mol. The van der Waals surface area contributed by atoms with Gasteiger partial charge in [-0.3, -0.25) is 0 Å². The highest BCUT2D eigenvalue weighted by atomic mass is 16.5. The van der Waals surface area contributed by atoms with E-state index in [9.17, 15) is 0 Å². The van der Waals surface area contributed by atoms with E-state index in [4.69, 9.17) is 15.2 Å². The van der Waals surface area contributed by atoms with Crippen LogP contribution in [0, 0.1) is 11.8 Å². The number of ether oxygens (including phenoxy) is 2. The lowest BCUT2D eigenvalue weighted by Crippen LogP contribution is -2.30. The van der Waals surface area contributed by atoms with Gasteiger partial charge in [0.2, 0.25) is 0 Å². The fourth-order valence-electron chi connectivity index (χ4n) is 3.09. The molecule has 106 valence electrons. The minimum absolute atomic E-state index is 0.0191. The number of hydrogen-bond acceptors (Lipinski definition) is 3. The molecule has 0 aromatic heterocycles. The molecule has 1 aromatic rings. The molecular formula is C16H25NO2. The summed E-state index contributed by atoms with van der Waals surface area (Å²) in [6.45, 7) is 9.16. The number of hydrogen-bond donors (Lipinski definition) is 1. The Kier molecular flexibility index (Phi) is 4.48. The van der Waals surface area contributed by atoms with Crippen molar-refractivity contribution in [3.63, 3.8) is 0 Å². The van der Waals surface area contributed by atoms with Crippen molar-refractivity contribution in [3.8, 4) is 5.75 Å². The van der Waals surface area contributed by atoms with Gasteiger partial charge in [-0.15, -0.1) is 0 Å². The summed E-state index contributed by atoms with van der Waals surface area (Å²) >= 11 is 0. The van der Waals surface area contributed by atoms with E-state index in [0.717, 1.165) is 11.3 Å². The Hall–Kier alpha value is -1.06. The summed E-state index contributed by atoms with van der Waals surface area (Å²) in [6.07, 6.45) is 0.500. The molecule has 3 heteroatoms. The molecule has 2 rings (SSSR count). The topological polar surface area (TPSA) is 44.5 Å². The predicted octanol–water partition coefficient (Wildman–Crippen LogP) is 3.14. The van der Waals surface area contributed by atoms with E-state index in [1.54, 1.807) is 0 Å². The normalized spacial score (nSPS) is 32.3. The van der Waals surface area contributed by atoms with Crippen molar-refractivity contribution in [1.82, 2.24) is 0 Å². The highest BCUT2D eigenvalue weighted by Crippen LogP contribution is 2.39. The summed E-state index contributed by atoms with van der Waals surface area (Å²) in [5.74, 6) is 1.75. The van der Waals surface area contributed by atoms with Gasteiger partial charge in [0.25, 0.3) is 0 Å². The minimum Gasteiger partial charge on any atom is -0.494 e. The van der Waals surface area contributed by atoms with Crippen molar-refractivity contribution < 1.29 is 9.47 Å². The van der Waals surface area contributed by atoms with Crippen LogP contribution in [0.1, 0.15) is 39.3 Å². The lowest BCUT2D eigenvalue weighted by atomic mass is 9.81. The fraction of sp³-hybridized carbons (Fsp3) is 0.625. The SMILES string of the molecule is CCOc1ccc(C(N)C2C(C)OC(C)C2C)cc1. The maximum Gasteiger partial charge on any atom is 0.119 e. The number of rotatable bonds is 4. The maximum atomic E-state index is 6.45. The molecule has 0 saturated carbocycles. The van der Waals surface area contributed by atoms with Crippen LogP contribution >= 0.6 is 0 Å². The second-order valence-electron chi connectivity index (χ2n) is 5.51. The first-order chi connectivity index (χ1) is 9.04. The third kappa shape index (κ3) is 2.93. The quantitative estimate of drug-likeness (QED) is 0.907. The molecule has 0 bridgehead atoms. The highest BCUT2D eigenvalue weighted by molar-refractivity contribution is 5.29. The molecule has 5 unspecified atom stereocenters. The Balaban J connectivity index is 2.12. The van der Waals surface area contributed by atoms with Crippen LogP contribution in [0.3, 0.4) is 0 Å². The highest BCUT2D eigenvalue weighted by Gasteiger charge is 2.40. The molecule has 0 spiro atoms. The van der Waals surface area contributed by atoms with Crippen LogP contribution in [-0.2, 0) is 4.74 Å². The smallest absolute Gasteiger partial charge is 0.119 e. The van der Waals surface area contributed by atoms with E-state index in [1.807, 2.05) is 19.1 Å². The van der Waals surface area contributed by atoms with Gasteiger partial charge in [-0.1, -0.05) is 19.1 Å². The summed E-state index contributed by atoms with van der Waals surface area (Å²) in [6, 6.07) is 8.14. The molecule has 1 saturated heterocycles. The number of nitrogens with two attached hydrogens (primary N) is 1.